The number of benzene rings is 2. The fourth-order valence-corrected chi connectivity index (χ4v) is 3.59. The van der Waals surface area contributed by atoms with Crippen LogP contribution in [0.4, 0.5) is 18.9 Å². The van der Waals surface area contributed by atoms with E-state index in [1.165, 1.54) is 6.07 Å². The van der Waals surface area contributed by atoms with Gasteiger partial charge in [-0.3, -0.25) is 4.79 Å². The number of hydrogen-bond acceptors (Lipinski definition) is 4. The van der Waals surface area contributed by atoms with Crippen molar-refractivity contribution in [2.45, 2.75) is 26.2 Å². The van der Waals surface area contributed by atoms with Crippen LogP contribution in [0.25, 0.3) is 11.1 Å². The second-order valence-corrected chi connectivity index (χ2v) is 6.93. The van der Waals surface area contributed by atoms with Gasteiger partial charge in [-0.15, -0.1) is 0 Å². The number of esters is 1. The number of ether oxygens (including phenoxy) is 1. The Morgan fingerprint density at radius 3 is 2.25 bits per heavy atom. The number of anilines is 1. The van der Waals surface area contributed by atoms with Gasteiger partial charge in [0.25, 0.3) is 0 Å². The zero-order valence-electron chi connectivity index (χ0n) is 15.6. The highest BCUT2D eigenvalue weighted by atomic mass is 19.1. The largest absolute Gasteiger partial charge is 0.508 e. The number of carbonyl (C=O) groups excluding carboxylic acids is 1. The van der Waals surface area contributed by atoms with Crippen LogP contribution in [0.5, 0.6) is 5.75 Å². The summed E-state index contributed by atoms with van der Waals surface area (Å²) >= 11 is 0. The molecule has 1 aliphatic rings. The van der Waals surface area contributed by atoms with Crippen LogP contribution in [0.15, 0.2) is 30.3 Å². The molecule has 0 atom stereocenters. The van der Waals surface area contributed by atoms with Gasteiger partial charge in [0.15, 0.2) is 0 Å². The van der Waals surface area contributed by atoms with E-state index in [-0.39, 0.29) is 34.5 Å². The molecule has 0 amide bonds. The molecule has 7 heteroatoms. The van der Waals surface area contributed by atoms with Crippen molar-refractivity contribution in [3.63, 3.8) is 0 Å². The van der Waals surface area contributed by atoms with E-state index in [2.05, 4.69) is 0 Å². The van der Waals surface area contributed by atoms with Crippen LogP contribution in [0, 0.1) is 23.4 Å². The van der Waals surface area contributed by atoms with Crippen LogP contribution in [0.3, 0.4) is 0 Å². The van der Waals surface area contributed by atoms with E-state index in [0.717, 1.165) is 24.3 Å². The molecule has 0 saturated carbocycles. The van der Waals surface area contributed by atoms with E-state index in [1.807, 2.05) is 0 Å². The van der Waals surface area contributed by atoms with Crippen molar-refractivity contribution in [3.8, 4) is 16.9 Å². The first kappa shape index (κ1) is 20.0. The molecule has 2 aromatic rings. The number of hydrogen-bond donors (Lipinski definition) is 1. The monoisotopic (exact) mass is 393 g/mol. The van der Waals surface area contributed by atoms with Crippen molar-refractivity contribution in [3.05, 3.63) is 47.8 Å². The predicted octanol–water partition coefficient (Wildman–Crippen LogP) is 4.65. The number of carbonyl (C=O) groups is 1. The molecule has 0 radical (unpaired) electrons. The maximum Gasteiger partial charge on any atom is 0.306 e. The number of piperidine rings is 1. The lowest BCUT2D eigenvalue weighted by atomic mass is 9.93. The summed E-state index contributed by atoms with van der Waals surface area (Å²) in [4.78, 5) is 13.2. The van der Waals surface area contributed by atoms with Crippen LogP contribution in [0.2, 0.25) is 0 Å². The lowest BCUT2D eigenvalue weighted by molar-refractivity contribution is -0.144. The lowest BCUT2D eigenvalue weighted by Crippen LogP contribution is -2.35. The topological polar surface area (TPSA) is 49.8 Å². The summed E-state index contributed by atoms with van der Waals surface area (Å²) in [6, 6.07) is 5.55. The maximum atomic E-state index is 14.7. The fourth-order valence-electron chi connectivity index (χ4n) is 3.59. The summed E-state index contributed by atoms with van der Waals surface area (Å²) in [5, 5.41) is 9.50. The Labute approximate surface area is 161 Å². The first-order valence-corrected chi connectivity index (χ1v) is 9.27. The van der Waals surface area contributed by atoms with Gasteiger partial charge in [-0.05, 0) is 61.1 Å². The van der Waals surface area contributed by atoms with E-state index in [1.54, 1.807) is 11.8 Å². The Hall–Kier alpha value is -2.70. The first-order chi connectivity index (χ1) is 13.4. The molecule has 1 heterocycles. The smallest absolute Gasteiger partial charge is 0.306 e. The first-order valence-electron chi connectivity index (χ1n) is 9.27. The average molecular weight is 393 g/mol. The summed E-state index contributed by atoms with van der Waals surface area (Å²) in [7, 11) is 0. The molecule has 1 fully saturated rings. The number of phenols is 1. The van der Waals surface area contributed by atoms with Gasteiger partial charge >= 0.3 is 5.97 Å². The van der Waals surface area contributed by atoms with E-state index < -0.39 is 17.5 Å². The maximum absolute atomic E-state index is 14.7. The van der Waals surface area contributed by atoms with Gasteiger partial charge in [-0.1, -0.05) is 0 Å². The van der Waals surface area contributed by atoms with Crippen molar-refractivity contribution in [2.24, 2.45) is 5.92 Å². The molecular weight excluding hydrogens is 371 g/mol. The molecule has 0 aliphatic carbocycles. The molecule has 1 saturated heterocycles. The van der Waals surface area contributed by atoms with Crippen LogP contribution >= 0.6 is 0 Å². The highest BCUT2D eigenvalue weighted by Gasteiger charge is 2.26. The third-order valence-electron chi connectivity index (χ3n) is 4.92. The van der Waals surface area contributed by atoms with Crippen LogP contribution in [-0.4, -0.2) is 30.8 Å². The highest BCUT2D eigenvalue weighted by molar-refractivity contribution is 5.70. The SMILES string of the molecule is CCOC(=O)CC1CCN(c2c(F)cc(-c3cc(O)cc(F)c3)cc2F)CC1. The number of halogens is 3. The average Bonchev–Trinajstić information content (AvgIpc) is 2.62. The Morgan fingerprint density at radius 1 is 1.07 bits per heavy atom. The summed E-state index contributed by atoms with van der Waals surface area (Å²) in [5.41, 5.74) is 0.208. The van der Waals surface area contributed by atoms with Crippen LogP contribution in [0.1, 0.15) is 26.2 Å². The van der Waals surface area contributed by atoms with E-state index >= 15 is 0 Å². The highest BCUT2D eigenvalue weighted by Crippen LogP contribution is 2.34. The van der Waals surface area contributed by atoms with E-state index in [4.69, 9.17) is 4.74 Å². The van der Waals surface area contributed by atoms with Crippen molar-refractivity contribution >= 4 is 11.7 Å². The predicted molar refractivity (Wildman–Crippen MR) is 99.6 cm³/mol. The number of phenolic OH excluding ortho intramolecular Hbond substituents is 1. The minimum absolute atomic E-state index is 0.126. The molecule has 28 heavy (non-hydrogen) atoms. The van der Waals surface area contributed by atoms with Gasteiger partial charge in [-0.25, -0.2) is 13.2 Å². The fraction of sp³-hybridized carbons (Fsp3) is 0.381. The molecule has 0 bridgehead atoms. The molecule has 1 N–H and O–H groups in total. The summed E-state index contributed by atoms with van der Waals surface area (Å²) in [5.74, 6) is -2.62. The molecule has 0 spiro atoms. The molecule has 0 aromatic heterocycles. The molecule has 2 aromatic carbocycles. The number of nitrogens with zero attached hydrogens (tertiary/aromatic N) is 1. The van der Waals surface area contributed by atoms with Crippen molar-refractivity contribution in [1.29, 1.82) is 0 Å². The third kappa shape index (κ3) is 4.58. The van der Waals surface area contributed by atoms with Crippen LogP contribution in [-0.2, 0) is 9.53 Å². The molecule has 4 nitrogen and oxygen atoms in total. The Bertz CT molecular complexity index is 821. The third-order valence-corrected chi connectivity index (χ3v) is 4.92. The quantitative estimate of drug-likeness (QED) is 0.752. The summed E-state index contributed by atoms with van der Waals surface area (Å²) < 4.78 is 47.8. The van der Waals surface area contributed by atoms with E-state index in [0.29, 0.717) is 39.0 Å². The summed E-state index contributed by atoms with van der Waals surface area (Å²) in [6.07, 6.45) is 1.59. The summed E-state index contributed by atoms with van der Waals surface area (Å²) in [6.45, 7) is 2.94. The van der Waals surface area contributed by atoms with Crippen molar-refractivity contribution in [1.82, 2.24) is 0 Å². The van der Waals surface area contributed by atoms with Gasteiger partial charge < -0.3 is 14.7 Å². The lowest BCUT2D eigenvalue weighted by Gasteiger charge is -2.33. The van der Waals surface area contributed by atoms with Crippen molar-refractivity contribution < 1.29 is 27.8 Å². The Morgan fingerprint density at radius 2 is 1.68 bits per heavy atom. The molecule has 1 aliphatic heterocycles. The van der Waals surface area contributed by atoms with Crippen molar-refractivity contribution in [2.75, 3.05) is 24.6 Å². The van der Waals surface area contributed by atoms with Gasteiger partial charge in [0, 0.05) is 25.6 Å². The Balaban J connectivity index is 1.74. The second-order valence-electron chi connectivity index (χ2n) is 6.93. The molecular formula is C21H22F3NO3. The van der Waals surface area contributed by atoms with Gasteiger partial charge in [0.2, 0.25) is 0 Å². The number of aromatic hydroxyl groups is 1. The second kappa shape index (κ2) is 8.54. The van der Waals surface area contributed by atoms with Gasteiger partial charge in [0.1, 0.15) is 28.9 Å². The minimum atomic E-state index is -0.748. The Kier molecular flexibility index (Phi) is 6.11. The van der Waals surface area contributed by atoms with E-state index in [9.17, 15) is 23.1 Å². The minimum Gasteiger partial charge on any atom is -0.508 e. The van der Waals surface area contributed by atoms with Crippen LogP contribution < -0.4 is 4.90 Å². The molecule has 0 unspecified atom stereocenters. The zero-order chi connectivity index (χ0) is 20.3. The molecule has 3 rings (SSSR count). The normalized spacial score (nSPS) is 14.9. The van der Waals surface area contributed by atoms with Gasteiger partial charge in [0.05, 0.1) is 6.61 Å². The van der Waals surface area contributed by atoms with Gasteiger partial charge in [-0.2, -0.15) is 0 Å². The zero-order valence-corrected chi connectivity index (χ0v) is 15.6. The molecule has 150 valence electrons. The number of rotatable bonds is 5. The standard InChI is InChI=1S/C21H22F3NO3/c1-2-28-20(27)7-13-3-5-25(6-4-13)21-18(23)10-15(11-19(21)24)14-8-16(22)12-17(26)9-14/h8-13,26H,2-7H2,1H3.